The van der Waals surface area contributed by atoms with Gasteiger partial charge in [-0.2, -0.15) is 5.10 Å². The molecule has 0 atom stereocenters. The van der Waals surface area contributed by atoms with Crippen LogP contribution in [0.4, 0.5) is 0 Å². The van der Waals surface area contributed by atoms with E-state index in [1.807, 2.05) is 23.0 Å². The van der Waals surface area contributed by atoms with Crippen molar-refractivity contribution >= 4 is 0 Å². The zero-order chi connectivity index (χ0) is 16.7. The van der Waals surface area contributed by atoms with E-state index in [4.69, 9.17) is 9.47 Å². The number of fused-ring (bicyclic) bond motifs is 1. The lowest BCUT2D eigenvalue weighted by atomic mass is 10.0. The molecule has 5 nitrogen and oxygen atoms in total. The second-order valence-electron chi connectivity index (χ2n) is 6.62. The van der Waals surface area contributed by atoms with Crippen molar-refractivity contribution < 1.29 is 9.47 Å². The molecule has 5 rings (SSSR count). The monoisotopic (exact) mass is 333 g/mol. The molecule has 2 heterocycles. The van der Waals surface area contributed by atoms with E-state index in [0.717, 1.165) is 36.6 Å². The Kier molecular flexibility index (Phi) is 3.28. The summed E-state index contributed by atoms with van der Waals surface area (Å²) >= 11 is 0. The molecule has 1 saturated carbocycles. The first-order valence-electron chi connectivity index (χ1n) is 8.57. The first-order valence-corrected chi connectivity index (χ1v) is 8.57. The van der Waals surface area contributed by atoms with Crippen molar-refractivity contribution in [2.75, 3.05) is 6.79 Å². The number of nitrogens with one attached hydrogen (secondary N) is 1. The van der Waals surface area contributed by atoms with E-state index < -0.39 is 0 Å². The van der Waals surface area contributed by atoms with E-state index in [1.165, 1.54) is 11.1 Å². The molecule has 126 valence electrons. The first kappa shape index (κ1) is 14.5. The third kappa shape index (κ3) is 2.66. The van der Waals surface area contributed by atoms with Gasteiger partial charge in [-0.05, 0) is 54.3 Å². The van der Waals surface area contributed by atoms with E-state index in [0.29, 0.717) is 6.79 Å². The van der Waals surface area contributed by atoms with Gasteiger partial charge in [0.05, 0.1) is 5.69 Å². The molecule has 25 heavy (non-hydrogen) atoms. The topological polar surface area (TPSA) is 48.3 Å². The lowest BCUT2D eigenvalue weighted by molar-refractivity contribution is 0.174. The number of nitrogens with zero attached hydrogens (tertiary/aromatic N) is 2. The van der Waals surface area contributed by atoms with E-state index >= 15 is 0 Å². The molecule has 1 aliphatic heterocycles. The highest BCUT2D eigenvalue weighted by molar-refractivity contribution is 5.48. The Morgan fingerprint density at radius 1 is 1.04 bits per heavy atom. The molecule has 0 radical (unpaired) electrons. The Balaban J connectivity index is 1.34. The van der Waals surface area contributed by atoms with Crippen molar-refractivity contribution in [1.29, 1.82) is 0 Å². The Morgan fingerprint density at radius 2 is 1.96 bits per heavy atom. The second-order valence-corrected chi connectivity index (χ2v) is 6.62. The number of aromatic nitrogens is 2. The zero-order valence-electron chi connectivity index (χ0n) is 13.8. The molecule has 0 saturated heterocycles. The summed E-state index contributed by atoms with van der Waals surface area (Å²) in [6.45, 7) is 1.14. The van der Waals surface area contributed by atoms with Gasteiger partial charge in [-0.1, -0.05) is 18.2 Å². The van der Waals surface area contributed by atoms with Gasteiger partial charge < -0.3 is 14.8 Å². The molecule has 1 aromatic heterocycles. The Labute approximate surface area is 146 Å². The van der Waals surface area contributed by atoms with Crippen LogP contribution in [-0.4, -0.2) is 16.6 Å². The standard InChI is InChI=1S/C20H19N3O2/c1-3-15(11-17(4-1)23-10-2-9-22-23)13-21-20(7-8-20)16-5-6-18-19(12-16)25-14-24-18/h1-6,9-12,21H,7-8,13-14H2. The summed E-state index contributed by atoms with van der Waals surface area (Å²) in [5.74, 6) is 1.69. The number of ether oxygens (including phenoxy) is 2. The summed E-state index contributed by atoms with van der Waals surface area (Å²) in [5.41, 5.74) is 3.67. The van der Waals surface area contributed by atoms with Crippen LogP contribution in [0.1, 0.15) is 24.0 Å². The summed E-state index contributed by atoms with van der Waals surface area (Å²) in [4.78, 5) is 0. The van der Waals surface area contributed by atoms with Crippen LogP contribution in [-0.2, 0) is 12.1 Å². The SMILES string of the molecule is c1cc(CNC2(c3ccc4c(c3)OCO4)CC2)cc(-n2cccn2)c1. The smallest absolute Gasteiger partial charge is 0.231 e. The van der Waals surface area contributed by atoms with Crippen LogP contribution >= 0.6 is 0 Å². The van der Waals surface area contributed by atoms with Crippen LogP contribution in [0.25, 0.3) is 5.69 Å². The number of benzene rings is 2. The third-order valence-electron chi connectivity index (χ3n) is 4.99. The minimum absolute atomic E-state index is 0.0582. The van der Waals surface area contributed by atoms with Crippen LogP contribution in [0.2, 0.25) is 0 Å². The van der Waals surface area contributed by atoms with Crippen molar-refractivity contribution in [3.05, 3.63) is 72.1 Å². The fraction of sp³-hybridized carbons (Fsp3) is 0.250. The average Bonchev–Trinajstić information content (AvgIpc) is 3.06. The van der Waals surface area contributed by atoms with E-state index in [1.54, 1.807) is 6.20 Å². The summed E-state index contributed by atoms with van der Waals surface area (Å²) < 4.78 is 12.8. The summed E-state index contributed by atoms with van der Waals surface area (Å²) in [5, 5.41) is 8.04. The van der Waals surface area contributed by atoms with Gasteiger partial charge in [0.15, 0.2) is 11.5 Å². The van der Waals surface area contributed by atoms with Crippen molar-refractivity contribution in [3.8, 4) is 17.2 Å². The molecule has 3 aromatic rings. The lowest BCUT2D eigenvalue weighted by Gasteiger charge is -2.19. The van der Waals surface area contributed by atoms with Crippen LogP contribution in [0.3, 0.4) is 0 Å². The third-order valence-corrected chi connectivity index (χ3v) is 4.99. The molecule has 0 spiro atoms. The number of hydrogen-bond donors (Lipinski definition) is 1. The van der Waals surface area contributed by atoms with Gasteiger partial charge in [-0.25, -0.2) is 4.68 Å². The quantitative estimate of drug-likeness (QED) is 0.778. The predicted molar refractivity (Wildman–Crippen MR) is 93.9 cm³/mol. The van der Waals surface area contributed by atoms with Gasteiger partial charge in [-0.3, -0.25) is 0 Å². The number of hydrogen-bond acceptors (Lipinski definition) is 4. The lowest BCUT2D eigenvalue weighted by Crippen LogP contribution is -2.28. The molecule has 0 bridgehead atoms. The summed E-state index contributed by atoms with van der Waals surface area (Å²) in [7, 11) is 0. The molecule has 1 fully saturated rings. The first-order chi connectivity index (χ1) is 12.3. The van der Waals surface area contributed by atoms with Gasteiger partial charge in [-0.15, -0.1) is 0 Å². The Morgan fingerprint density at radius 3 is 2.80 bits per heavy atom. The van der Waals surface area contributed by atoms with Crippen molar-refractivity contribution in [3.63, 3.8) is 0 Å². The Hall–Kier alpha value is -2.79. The highest BCUT2D eigenvalue weighted by Gasteiger charge is 2.44. The highest BCUT2D eigenvalue weighted by atomic mass is 16.7. The highest BCUT2D eigenvalue weighted by Crippen LogP contribution is 2.48. The second kappa shape index (κ2) is 5.63. The van der Waals surface area contributed by atoms with Crippen LogP contribution in [0.15, 0.2) is 60.9 Å². The van der Waals surface area contributed by atoms with Gasteiger partial charge in [0, 0.05) is 24.5 Å². The van der Waals surface area contributed by atoms with Crippen LogP contribution in [0.5, 0.6) is 11.5 Å². The average molecular weight is 333 g/mol. The summed E-state index contributed by atoms with van der Waals surface area (Å²) in [6, 6.07) is 16.7. The van der Waals surface area contributed by atoms with Crippen molar-refractivity contribution in [2.45, 2.75) is 24.9 Å². The van der Waals surface area contributed by atoms with E-state index in [-0.39, 0.29) is 5.54 Å². The van der Waals surface area contributed by atoms with Crippen LogP contribution < -0.4 is 14.8 Å². The molecule has 1 aliphatic carbocycles. The number of rotatable bonds is 5. The molecule has 0 unspecified atom stereocenters. The fourth-order valence-corrected chi connectivity index (χ4v) is 3.39. The van der Waals surface area contributed by atoms with Crippen molar-refractivity contribution in [2.24, 2.45) is 0 Å². The van der Waals surface area contributed by atoms with E-state index in [2.05, 4.69) is 46.8 Å². The molecule has 2 aromatic carbocycles. The molecule has 2 aliphatic rings. The van der Waals surface area contributed by atoms with Crippen molar-refractivity contribution in [1.82, 2.24) is 15.1 Å². The minimum Gasteiger partial charge on any atom is -0.454 e. The van der Waals surface area contributed by atoms with Crippen LogP contribution in [0, 0.1) is 0 Å². The maximum absolute atomic E-state index is 5.52. The maximum atomic E-state index is 5.52. The Bertz CT molecular complexity index is 901. The van der Waals surface area contributed by atoms with Gasteiger partial charge in [0.2, 0.25) is 6.79 Å². The normalized spacial score (nSPS) is 16.8. The summed E-state index contributed by atoms with van der Waals surface area (Å²) in [6.07, 6.45) is 6.04. The predicted octanol–water partition coefficient (Wildman–Crippen LogP) is 3.38. The molecular weight excluding hydrogens is 314 g/mol. The molecule has 1 N–H and O–H groups in total. The van der Waals surface area contributed by atoms with Gasteiger partial charge >= 0.3 is 0 Å². The minimum atomic E-state index is 0.0582. The largest absolute Gasteiger partial charge is 0.454 e. The molecule has 5 heteroatoms. The fourth-order valence-electron chi connectivity index (χ4n) is 3.39. The molecule has 0 amide bonds. The van der Waals surface area contributed by atoms with E-state index in [9.17, 15) is 0 Å². The van der Waals surface area contributed by atoms with Gasteiger partial charge in [0.25, 0.3) is 0 Å². The molecular formula is C20H19N3O2. The maximum Gasteiger partial charge on any atom is 0.231 e. The zero-order valence-corrected chi connectivity index (χ0v) is 13.8. The van der Waals surface area contributed by atoms with Gasteiger partial charge in [0.1, 0.15) is 0 Å².